The van der Waals surface area contributed by atoms with E-state index >= 15 is 0 Å². The lowest BCUT2D eigenvalue weighted by Gasteiger charge is -2.33. The van der Waals surface area contributed by atoms with Crippen LogP contribution in [-0.4, -0.2) is 82.5 Å². The Labute approximate surface area is 291 Å². The van der Waals surface area contributed by atoms with E-state index in [1.54, 1.807) is 51.2 Å². The van der Waals surface area contributed by atoms with Gasteiger partial charge in [0.2, 0.25) is 17.7 Å². The maximum atomic E-state index is 13.7. The highest BCUT2D eigenvalue weighted by atomic mass is 16.5. The number of pyridine rings is 1. The Hall–Kier alpha value is -5.50. The highest BCUT2D eigenvalue weighted by Gasteiger charge is 2.35. The molecule has 0 saturated carbocycles. The summed E-state index contributed by atoms with van der Waals surface area (Å²) in [5.74, 6) is -2.27. The van der Waals surface area contributed by atoms with E-state index in [-0.39, 0.29) is 19.3 Å². The van der Waals surface area contributed by atoms with Gasteiger partial charge < -0.3 is 42.0 Å². The fraction of sp³-hybridized carbons (Fsp3) is 0.389. The first kappa shape index (κ1) is 38.9. The van der Waals surface area contributed by atoms with Crippen molar-refractivity contribution in [1.29, 1.82) is 0 Å². The van der Waals surface area contributed by atoms with Crippen LogP contribution in [0.3, 0.4) is 0 Å². The molecule has 268 valence electrons. The number of rotatable bonds is 16. The van der Waals surface area contributed by atoms with E-state index in [1.165, 1.54) is 7.11 Å². The summed E-state index contributed by atoms with van der Waals surface area (Å²) in [5, 5.41) is 31.2. The van der Waals surface area contributed by atoms with Gasteiger partial charge in [-0.2, -0.15) is 0 Å². The molecule has 0 aliphatic heterocycles. The summed E-state index contributed by atoms with van der Waals surface area (Å²) >= 11 is 0. The van der Waals surface area contributed by atoms with E-state index in [0.29, 0.717) is 0 Å². The number of carboxylic acid groups (broad SMARTS) is 1. The Bertz CT molecular complexity index is 1570. The minimum Gasteiger partial charge on any atom is -0.465 e. The number of amides is 5. The van der Waals surface area contributed by atoms with Gasteiger partial charge in [0.15, 0.2) is 0 Å². The van der Waals surface area contributed by atoms with Crippen molar-refractivity contribution >= 4 is 29.9 Å². The standard InChI is InChI=1S/C36H46N6O8/c1-36(2,3)31(42-35(49)50-4)33(46)39-25(18-23-13-15-24(16-14-23)26-12-8-9-17-38-26)20-29(43)27(19-22-10-6-5-7-11-22)40-32(45)28(21-30(37)44)41-34(47)48/h5-17,25,27-29,31,41,43H,18-21H2,1-4H3,(H2,37,44)(H,39,46)(H,40,45)(H,42,49)(H,47,48)/t25?,27-,28-,29-,31?/m0/s1. The van der Waals surface area contributed by atoms with Crippen molar-refractivity contribution in [2.75, 3.05) is 7.11 Å². The first-order valence-corrected chi connectivity index (χ1v) is 16.1. The Kier molecular flexibility index (Phi) is 14.3. The SMILES string of the molecule is COC(=O)NC(C(=O)NC(Cc1ccc(-c2ccccn2)cc1)C[C@H](O)[C@H](Cc1ccccc1)NC(=O)[C@H](CC(N)=O)NC(=O)O)C(C)(C)C. The zero-order valence-corrected chi connectivity index (χ0v) is 28.6. The molecule has 0 aliphatic carbocycles. The molecule has 1 aromatic heterocycles. The smallest absolute Gasteiger partial charge is 0.407 e. The third-order valence-corrected chi connectivity index (χ3v) is 7.95. The number of methoxy groups -OCH3 is 1. The molecule has 0 fully saturated rings. The molecular formula is C36H46N6O8. The van der Waals surface area contributed by atoms with Gasteiger partial charge in [-0.1, -0.05) is 81.4 Å². The number of carbonyl (C=O) groups excluding carboxylic acids is 4. The molecule has 2 unspecified atom stereocenters. The highest BCUT2D eigenvalue weighted by molar-refractivity contribution is 5.90. The normalized spacial score (nSPS) is 14.2. The number of aliphatic hydroxyl groups is 1. The van der Waals surface area contributed by atoms with Crippen LogP contribution in [0.1, 0.15) is 44.7 Å². The molecule has 0 spiro atoms. The summed E-state index contributed by atoms with van der Waals surface area (Å²) in [4.78, 5) is 66.6. The van der Waals surface area contributed by atoms with Crippen molar-refractivity contribution in [2.24, 2.45) is 11.1 Å². The Morgan fingerprint density at radius 3 is 2.02 bits per heavy atom. The number of hydrogen-bond donors (Lipinski definition) is 7. The van der Waals surface area contributed by atoms with Gasteiger partial charge in [0, 0.05) is 17.8 Å². The Balaban J connectivity index is 1.94. The minimum atomic E-state index is -1.53. The lowest BCUT2D eigenvalue weighted by atomic mass is 9.85. The molecular weight excluding hydrogens is 644 g/mol. The fourth-order valence-electron chi connectivity index (χ4n) is 5.41. The molecule has 2 aromatic carbocycles. The van der Waals surface area contributed by atoms with Gasteiger partial charge in [-0.05, 0) is 47.9 Å². The monoisotopic (exact) mass is 690 g/mol. The van der Waals surface area contributed by atoms with Gasteiger partial charge >= 0.3 is 12.2 Å². The summed E-state index contributed by atoms with van der Waals surface area (Å²) in [5.41, 5.74) is 7.80. The van der Waals surface area contributed by atoms with Crippen LogP contribution in [0.4, 0.5) is 9.59 Å². The van der Waals surface area contributed by atoms with Crippen molar-refractivity contribution in [3.8, 4) is 11.3 Å². The highest BCUT2D eigenvalue weighted by Crippen LogP contribution is 2.22. The number of primary amides is 1. The predicted octanol–water partition coefficient (Wildman–Crippen LogP) is 2.54. The van der Waals surface area contributed by atoms with Crippen LogP contribution in [0.2, 0.25) is 0 Å². The van der Waals surface area contributed by atoms with Gasteiger partial charge in [0.05, 0.1) is 31.4 Å². The lowest BCUT2D eigenvalue weighted by Crippen LogP contribution is -2.57. The van der Waals surface area contributed by atoms with Crippen molar-refractivity contribution in [3.63, 3.8) is 0 Å². The molecule has 3 rings (SSSR count). The van der Waals surface area contributed by atoms with Gasteiger partial charge in [0.1, 0.15) is 12.1 Å². The molecule has 0 saturated heterocycles. The second-order valence-electron chi connectivity index (χ2n) is 13.0. The number of aliphatic hydroxyl groups excluding tert-OH is 1. The largest absolute Gasteiger partial charge is 0.465 e. The lowest BCUT2D eigenvalue weighted by molar-refractivity contribution is -0.128. The van der Waals surface area contributed by atoms with Gasteiger partial charge in [0.25, 0.3) is 0 Å². The number of alkyl carbamates (subject to hydrolysis) is 1. The molecule has 14 heteroatoms. The second kappa shape index (κ2) is 18.3. The summed E-state index contributed by atoms with van der Waals surface area (Å²) < 4.78 is 4.75. The third kappa shape index (κ3) is 12.5. The first-order chi connectivity index (χ1) is 23.7. The summed E-state index contributed by atoms with van der Waals surface area (Å²) in [6.45, 7) is 5.35. The molecule has 0 bridgehead atoms. The first-order valence-electron chi connectivity index (χ1n) is 16.1. The van der Waals surface area contributed by atoms with Gasteiger partial charge in [-0.15, -0.1) is 0 Å². The average molecular weight is 691 g/mol. The summed E-state index contributed by atoms with van der Waals surface area (Å²) in [6, 6.07) is 18.0. The third-order valence-electron chi connectivity index (χ3n) is 7.95. The van der Waals surface area contributed by atoms with Crippen LogP contribution < -0.4 is 27.0 Å². The molecule has 0 radical (unpaired) electrons. The van der Waals surface area contributed by atoms with Crippen LogP contribution in [0.25, 0.3) is 11.3 Å². The number of hydrogen-bond acceptors (Lipinski definition) is 8. The van der Waals surface area contributed by atoms with E-state index < -0.39 is 72.0 Å². The van der Waals surface area contributed by atoms with Crippen LogP contribution in [0.5, 0.6) is 0 Å². The van der Waals surface area contributed by atoms with Crippen molar-refractivity contribution in [1.82, 2.24) is 26.3 Å². The van der Waals surface area contributed by atoms with Crippen molar-refractivity contribution in [2.45, 2.75) is 76.7 Å². The maximum Gasteiger partial charge on any atom is 0.407 e. The zero-order chi connectivity index (χ0) is 36.8. The van der Waals surface area contributed by atoms with Crippen molar-refractivity contribution < 1.29 is 38.9 Å². The van der Waals surface area contributed by atoms with Crippen LogP contribution >= 0.6 is 0 Å². The number of carbonyl (C=O) groups is 5. The van der Waals surface area contributed by atoms with E-state index in [4.69, 9.17) is 10.5 Å². The molecule has 5 amide bonds. The van der Waals surface area contributed by atoms with E-state index in [2.05, 4.69) is 20.9 Å². The number of nitrogens with one attached hydrogen (secondary N) is 4. The molecule has 8 N–H and O–H groups in total. The fourth-order valence-corrected chi connectivity index (χ4v) is 5.41. The second-order valence-corrected chi connectivity index (χ2v) is 13.0. The van der Waals surface area contributed by atoms with Crippen molar-refractivity contribution in [3.05, 3.63) is 90.1 Å². The zero-order valence-electron chi connectivity index (χ0n) is 28.6. The molecule has 3 aromatic rings. The topological polar surface area (TPSA) is 222 Å². The minimum absolute atomic E-state index is 0.0621. The molecule has 1 heterocycles. The van der Waals surface area contributed by atoms with E-state index in [1.807, 2.05) is 53.8 Å². The summed E-state index contributed by atoms with van der Waals surface area (Å²) in [7, 11) is 1.20. The molecule has 14 nitrogen and oxygen atoms in total. The average Bonchev–Trinajstić information content (AvgIpc) is 3.06. The molecule has 0 aliphatic rings. The quantitative estimate of drug-likeness (QED) is 0.117. The number of nitrogens with zero attached hydrogens (tertiary/aromatic N) is 1. The maximum absolute atomic E-state index is 13.7. The summed E-state index contributed by atoms with van der Waals surface area (Å²) in [6.07, 6.45) is -2.16. The van der Waals surface area contributed by atoms with E-state index in [9.17, 15) is 34.2 Å². The van der Waals surface area contributed by atoms with Gasteiger partial charge in [-0.3, -0.25) is 19.4 Å². The molecule has 50 heavy (non-hydrogen) atoms. The number of benzene rings is 2. The number of nitrogens with two attached hydrogens (primary N) is 1. The Morgan fingerprint density at radius 1 is 0.820 bits per heavy atom. The van der Waals surface area contributed by atoms with Crippen LogP contribution in [0.15, 0.2) is 79.0 Å². The number of ether oxygens (including phenoxy) is 1. The van der Waals surface area contributed by atoms with Gasteiger partial charge in [-0.25, -0.2) is 9.59 Å². The van der Waals surface area contributed by atoms with Crippen LogP contribution in [0, 0.1) is 5.41 Å². The molecule has 5 atom stereocenters. The predicted molar refractivity (Wildman–Crippen MR) is 186 cm³/mol. The van der Waals surface area contributed by atoms with E-state index in [0.717, 1.165) is 22.4 Å². The Morgan fingerprint density at radius 2 is 1.46 bits per heavy atom. The van der Waals surface area contributed by atoms with Crippen LogP contribution in [-0.2, 0) is 32.0 Å². The number of aromatic nitrogens is 1.